The number of carbonyl (C=O) groups excluding carboxylic acids is 2. The minimum absolute atomic E-state index is 0.218. The molecule has 3 rings (SSSR count). The fraction of sp³-hybridized carbons (Fsp3) is 0.320. The number of hydrogen-bond acceptors (Lipinski definition) is 6. The summed E-state index contributed by atoms with van der Waals surface area (Å²) in [4.78, 5) is 24.2. The Kier molecular flexibility index (Phi) is 8.46. The van der Waals surface area contributed by atoms with Crippen molar-refractivity contribution in [2.75, 3.05) is 27.9 Å². The molecule has 2 aromatic carbocycles. The fourth-order valence-corrected chi connectivity index (χ4v) is 3.43. The van der Waals surface area contributed by atoms with E-state index in [9.17, 15) is 9.59 Å². The van der Waals surface area contributed by atoms with Gasteiger partial charge in [-0.15, -0.1) is 0 Å². The van der Waals surface area contributed by atoms with Crippen LogP contribution in [-0.2, 0) is 9.53 Å². The van der Waals surface area contributed by atoms with Crippen molar-refractivity contribution in [3.8, 4) is 28.3 Å². The summed E-state index contributed by atoms with van der Waals surface area (Å²) < 4.78 is 17.1. The van der Waals surface area contributed by atoms with Crippen molar-refractivity contribution in [2.45, 2.75) is 25.7 Å². The maximum absolute atomic E-state index is 13.0. The van der Waals surface area contributed by atoms with E-state index in [4.69, 9.17) is 9.47 Å². The molecule has 0 saturated carbocycles. The van der Waals surface area contributed by atoms with Gasteiger partial charge in [-0.25, -0.2) is 4.68 Å². The average Bonchev–Trinajstić information content (AvgIpc) is 3.31. The highest BCUT2D eigenvalue weighted by Crippen LogP contribution is 2.34. The predicted octanol–water partition coefficient (Wildman–Crippen LogP) is 4.02. The van der Waals surface area contributed by atoms with Crippen LogP contribution in [0.3, 0.4) is 0 Å². The molecule has 1 aromatic heterocycles. The molecule has 0 saturated heterocycles. The first-order valence-electron chi connectivity index (χ1n) is 10.8. The van der Waals surface area contributed by atoms with Crippen molar-refractivity contribution in [3.63, 3.8) is 0 Å². The lowest BCUT2D eigenvalue weighted by atomic mass is 10.1. The number of esters is 1. The van der Waals surface area contributed by atoms with Crippen LogP contribution >= 0.6 is 0 Å². The van der Waals surface area contributed by atoms with Crippen LogP contribution in [0.25, 0.3) is 16.8 Å². The second-order valence-electron chi connectivity index (χ2n) is 7.38. The van der Waals surface area contributed by atoms with Crippen molar-refractivity contribution in [3.05, 3.63) is 60.4 Å². The van der Waals surface area contributed by atoms with Crippen molar-refractivity contribution < 1.29 is 23.8 Å². The number of benzene rings is 2. The number of para-hydroxylation sites is 1. The molecule has 8 nitrogen and oxygen atoms in total. The van der Waals surface area contributed by atoms with Crippen LogP contribution in [-0.4, -0.2) is 49.5 Å². The SMILES string of the molecule is COC(=O)CCCCCNC(=O)c1nn(-c2ccccc2)cc1-c1ccc(OC)c(OC)c1. The summed E-state index contributed by atoms with van der Waals surface area (Å²) in [7, 11) is 4.53. The molecule has 0 aliphatic rings. The van der Waals surface area contributed by atoms with E-state index in [2.05, 4.69) is 15.2 Å². The van der Waals surface area contributed by atoms with Crippen LogP contribution in [0.5, 0.6) is 11.5 Å². The first-order chi connectivity index (χ1) is 16.1. The van der Waals surface area contributed by atoms with Gasteiger partial charge in [-0.2, -0.15) is 5.10 Å². The summed E-state index contributed by atoms with van der Waals surface area (Å²) in [6.45, 7) is 0.490. The molecule has 174 valence electrons. The third-order valence-electron chi connectivity index (χ3n) is 5.22. The second kappa shape index (κ2) is 11.7. The summed E-state index contributed by atoms with van der Waals surface area (Å²) in [5, 5.41) is 7.52. The predicted molar refractivity (Wildman–Crippen MR) is 125 cm³/mol. The van der Waals surface area contributed by atoms with Gasteiger partial charge in [0, 0.05) is 24.7 Å². The molecule has 0 spiro atoms. The lowest BCUT2D eigenvalue weighted by Crippen LogP contribution is -2.25. The fourth-order valence-electron chi connectivity index (χ4n) is 3.43. The monoisotopic (exact) mass is 451 g/mol. The highest BCUT2D eigenvalue weighted by molar-refractivity contribution is 5.99. The first-order valence-corrected chi connectivity index (χ1v) is 10.8. The number of methoxy groups -OCH3 is 3. The van der Waals surface area contributed by atoms with Crippen molar-refractivity contribution in [1.29, 1.82) is 0 Å². The van der Waals surface area contributed by atoms with Crippen LogP contribution < -0.4 is 14.8 Å². The Morgan fingerprint density at radius 3 is 2.39 bits per heavy atom. The summed E-state index contributed by atoms with van der Waals surface area (Å²) in [6.07, 6.45) is 4.52. The molecule has 1 amide bonds. The smallest absolute Gasteiger partial charge is 0.305 e. The standard InChI is InChI=1S/C25H29N3O5/c1-31-21-14-13-18(16-22(21)32-2)20-17-28(19-10-6-4-7-11-19)27-24(20)25(30)26-15-9-5-8-12-23(29)33-3/h4,6-7,10-11,13-14,16-17H,5,8-9,12,15H2,1-3H3,(H,26,30). The summed E-state index contributed by atoms with van der Waals surface area (Å²) in [5.74, 6) is 0.696. The molecule has 0 atom stereocenters. The number of amides is 1. The zero-order valence-corrected chi connectivity index (χ0v) is 19.2. The summed E-state index contributed by atoms with van der Waals surface area (Å²) in [5.41, 5.74) is 2.64. The molecule has 0 fully saturated rings. The molecule has 0 radical (unpaired) electrons. The first kappa shape index (κ1) is 23.8. The zero-order valence-electron chi connectivity index (χ0n) is 19.2. The van der Waals surface area contributed by atoms with Gasteiger partial charge in [-0.05, 0) is 42.7 Å². The van der Waals surface area contributed by atoms with E-state index < -0.39 is 0 Å². The van der Waals surface area contributed by atoms with Crippen molar-refractivity contribution in [1.82, 2.24) is 15.1 Å². The molecule has 0 unspecified atom stereocenters. The Morgan fingerprint density at radius 2 is 1.70 bits per heavy atom. The Labute approximate surface area is 193 Å². The molecule has 1 heterocycles. The van der Waals surface area contributed by atoms with Crippen LogP contribution in [0.4, 0.5) is 0 Å². The molecular formula is C25H29N3O5. The number of carbonyl (C=O) groups is 2. The Bertz CT molecular complexity index is 1080. The molecule has 33 heavy (non-hydrogen) atoms. The topological polar surface area (TPSA) is 91.7 Å². The molecule has 3 aromatic rings. The van der Waals surface area contributed by atoms with E-state index in [0.717, 1.165) is 30.5 Å². The molecule has 1 N–H and O–H groups in total. The number of nitrogens with zero attached hydrogens (tertiary/aromatic N) is 2. The Balaban J connectivity index is 1.80. The molecule has 0 bridgehead atoms. The summed E-state index contributed by atoms with van der Waals surface area (Å²) in [6, 6.07) is 15.1. The van der Waals surface area contributed by atoms with E-state index >= 15 is 0 Å². The van der Waals surface area contributed by atoms with E-state index in [1.165, 1.54) is 7.11 Å². The zero-order chi connectivity index (χ0) is 23.6. The number of ether oxygens (including phenoxy) is 3. The van der Waals surface area contributed by atoms with Crippen LogP contribution in [0.1, 0.15) is 36.2 Å². The minimum atomic E-state index is -0.262. The van der Waals surface area contributed by atoms with Gasteiger partial charge in [0.15, 0.2) is 17.2 Å². The van der Waals surface area contributed by atoms with Crippen LogP contribution in [0.15, 0.2) is 54.7 Å². The Hall–Kier alpha value is -3.81. The molecular weight excluding hydrogens is 422 g/mol. The normalized spacial score (nSPS) is 10.5. The summed E-state index contributed by atoms with van der Waals surface area (Å²) >= 11 is 0. The van der Waals surface area contributed by atoms with Crippen LogP contribution in [0, 0.1) is 0 Å². The third-order valence-corrected chi connectivity index (χ3v) is 5.22. The highest BCUT2D eigenvalue weighted by atomic mass is 16.5. The quantitative estimate of drug-likeness (QED) is 0.350. The van der Waals surface area contributed by atoms with Gasteiger partial charge < -0.3 is 19.5 Å². The van der Waals surface area contributed by atoms with Gasteiger partial charge in [-0.3, -0.25) is 9.59 Å². The van der Waals surface area contributed by atoms with Gasteiger partial charge in [-0.1, -0.05) is 30.7 Å². The number of hydrogen-bond donors (Lipinski definition) is 1. The van der Waals surface area contributed by atoms with Gasteiger partial charge in [0.05, 0.1) is 27.0 Å². The van der Waals surface area contributed by atoms with Crippen molar-refractivity contribution >= 4 is 11.9 Å². The maximum Gasteiger partial charge on any atom is 0.305 e. The van der Waals surface area contributed by atoms with Crippen molar-refractivity contribution in [2.24, 2.45) is 0 Å². The average molecular weight is 452 g/mol. The largest absolute Gasteiger partial charge is 0.493 e. The molecule has 0 aliphatic heterocycles. The minimum Gasteiger partial charge on any atom is -0.493 e. The van der Waals surface area contributed by atoms with E-state index in [0.29, 0.717) is 35.7 Å². The van der Waals surface area contributed by atoms with Gasteiger partial charge in [0.25, 0.3) is 5.91 Å². The third kappa shape index (κ3) is 6.12. The number of unbranched alkanes of at least 4 members (excludes halogenated alkanes) is 2. The van der Waals surface area contributed by atoms with E-state index in [1.807, 2.05) is 48.7 Å². The number of aromatic nitrogens is 2. The second-order valence-corrected chi connectivity index (χ2v) is 7.38. The number of nitrogens with one attached hydrogen (secondary N) is 1. The van der Waals surface area contributed by atoms with Gasteiger partial charge >= 0.3 is 5.97 Å². The molecule has 8 heteroatoms. The van der Waals surface area contributed by atoms with Crippen LogP contribution in [0.2, 0.25) is 0 Å². The van der Waals surface area contributed by atoms with E-state index in [1.54, 1.807) is 25.0 Å². The number of rotatable bonds is 11. The lowest BCUT2D eigenvalue weighted by molar-refractivity contribution is -0.140. The lowest BCUT2D eigenvalue weighted by Gasteiger charge is -2.10. The van der Waals surface area contributed by atoms with Gasteiger partial charge in [0.1, 0.15) is 0 Å². The molecule has 0 aliphatic carbocycles. The Morgan fingerprint density at radius 1 is 0.939 bits per heavy atom. The maximum atomic E-state index is 13.0. The highest BCUT2D eigenvalue weighted by Gasteiger charge is 2.20. The van der Waals surface area contributed by atoms with E-state index in [-0.39, 0.29) is 11.9 Å². The van der Waals surface area contributed by atoms with Gasteiger partial charge in [0.2, 0.25) is 0 Å².